The van der Waals surface area contributed by atoms with Crippen LogP contribution in [0.4, 0.5) is 0 Å². The van der Waals surface area contributed by atoms with E-state index in [-0.39, 0.29) is 11.8 Å². The summed E-state index contributed by atoms with van der Waals surface area (Å²) in [6.45, 7) is 5.14. The average molecular weight is 320 g/mol. The molecule has 1 amide bonds. The average Bonchev–Trinajstić information content (AvgIpc) is 3.09. The number of amides is 1. The highest BCUT2D eigenvalue weighted by Crippen LogP contribution is 2.32. The van der Waals surface area contributed by atoms with Crippen molar-refractivity contribution in [3.8, 4) is 22.6 Å². The summed E-state index contributed by atoms with van der Waals surface area (Å²) in [4.78, 5) is 18.8. The molecule has 0 spiro atoms. The third-order valence-electron chi connectivity index (χ3n) is 3.94. The van der Waals surface area contributed by atoms with Crippen LogP contribution in [0, 0.1) is 0 Å². The quantitative estimate of drug-likeness (QED) is 0.696. The van der Waals surface area contributed by atoms with Gasteiger partial charge in [0.15, 0.2) is 5.76 Å². The fraction of sp³-hybridized carbons (Fsp3) is 0.200. The van der Waals surface area contributed by atoms with Gasteiger partial charge in [-0.3, -0.25) is 4.79 Å². The van der Waals surface area contributed by atoms with Crippen LogP contribution in [0.25, 0.3) is 22.6 Å². The second kappa shape index (κ2) is 7.13. The predicted octanol–water partition coefficient (Wildman–Crippen LogP) is 4.49. The predicted molar refractivity (Wildman–Crippen MR) is 94.6 cm³/mol. The molecule has 0 fully saturated rings. The SMILES string of the molecule is CCN(CC)C(=O)c1nc(-c2ccccc2)c(-c2ccccc2)o1. The van der Waals surface area contributed by atoms with Gasteiger partial charge in [0.05, 0.1) is 0 Å². The van der Waals surface area contributed by atoms with E-state index in [9.17, 15) is 4.79 Å². The van der Waals surface area contributed by atoms with Crippen molar-refractivity contribution in [2.24, 2.45) is 0 Å². The first-order valence-electron chi connectivity index (χ1n) is 8.15. The highest BCUT2D eigenvalue weighted by Gasteiger charge is 2.23. The smallest absolute Gasteiger partial charge is 0.309 e. The Kier molecular flexibility index (Phi) is 4.75. The van der Waals surface area contributed by atoms with Crippen LogP contribution < -0.4 is 0 Å². The highest BCUT2D eigenvalue weighted by molar-refractivity contribution is 5.92. The first-order valence-corrected chi connectivity index (χ1v) is 8.15. The summed E-state index contributed by atoms with van der Waals surface area (Å²) in [5, 5.41) is 0. The van der Waals surface area contributed by atoms with Crippen molar-refractivity contribution in [3.05, 3.63) is 66.6 Å². The molecular weight excluding hydrogens is 300 g/mol. The van der Waals surface area contributed by atoms with E-state index >= 15 is 0 Å². The Bertz CT molecular complexity index is 749. The topological polar surface area (TPSA) is 46.3 Å². The summed E-state index contributed by atoms with van der Waals surface area (Å²) >= 11 is 0. The largest absolute Gasteiger partial charge is 0.432 e. The fourth-order valence-electron chi connectivity index (χ4n) is 2.63. The second-order valence-electron chi connectivity index (χ2n) is 5.41. The van der Waals surface area contributed by atoms with Crippen LogP contribution in [0.5, 0.6) is 0 Å². The third-order valence-corrected chi connectivity index (χ3v) is 3.94. The zero-order chi connectivity index (χ0) is 16.9. The van der Waals surface area contributed by atoms with Gasteiger partial charge in [-0.1, -0.05) is 60.7 Å². The van der Waals surface area contributed by atoms with Crippen LogP contribution >= 0.6 is 0 Å². The van der Waals surface area contributed by atoms with Crippen molar-refractivity contribution in [2.75, 3.05) is 13.1 Å². The Morgan fingerprint density at radius 3 is 2.00 bits per heavy atom. The molecule has 0 unspecified atom stereocenters. The summed E-state index contributed by atoms with van der Waals surface area (Å²) in [6.07, 6.45) is 0. The van der Waals surface area contributed by atoms with Crippen LogP contribution in [0.15, 0.2) is 65.1 Å². The fourth-order valence-corrected chi connectivity index (χ4v) is 2.63. The minimum Gasteiger partial charge on any atom is -0.432 e. The maximum atomic E-state index is 12.6. The zero-order valence-electron chi connectivity index (χ0n) is 13.9. The molecule has 0 aliphatic rings. The lowest BCUT2D eigenvalue weighted by Crippen LogP contribution is -2.30. The van der Waals surface area contributed by atoms with Crippen LogP contribution in [-0.4, -0.2) is 28.9 Å². The van der Waals surface area contributed by atoms with Gasteiger partial charge in [-0.15, -0.1) is 0 Å². The summed E-state index contributed by atoms with van der Waals surface area (Å²) in [5.41, 5.74) is 2.53. The van der Waals surface area contributed by atoms with E-state index < -0.39 is 0 Å². The summed E-state index contributed by atoms with van der Waals surface area (Å²) in [6, 6.07) is 19.5. The van der Waals surface area contributed by atoms with Crippen LogP contribution in [0.2, 0.25) is 0 Å². The van der Waals surface area contributed by atoms with E-state index in [0.717, 1.165) is 11.1 Å². The molecule has 0 saturated heterocycles. The van der Waals surface area contributed by atoms with Crippen molar-refractivity contribution in [2.45, 2.75) is 13.8 Å². The molecule has 0 aliphatic heterocycles. The molecule has 2 aromatic carbocycles. The van der Waals surface area contributed by atoms with Gasteiger partial charge in [0.2, 0.25) is 0 Å². The molecule has 4 heteroatoms. The van der Waals surface area contributed by atoms with Gasteiger partial charge in [-0.25, -0.2) is 4.98 Å². The Morgan fingerprint density at radius 2 is 1.46 bits per heavy atom. The number of hydrogen-bond donors (Lipinski definition) is 0. The van der Waals surface area contributed by atoms with Gasteiger partial charge in [-0.05, 0) is 13.8 Å². The Morgan fingerprint density at radius 1 is 0.917 bits per heavy atom. The molecule has 3 aromatic rings. The number of nitrogens with zero attached hydrogens (tertiary/aromatic N) is 2. The maximum Gasteiger partial charge on any atom is 0.309 e. The van der Waals surface area contributed by atoms with Crippen molar-refractivity contribution >= 4 is 5.91 Å². The van der Waals surface area contributed by atoms with Gasteiger partial charge in [0, 0.05) is 24.2 Å². The summed E-state index contributed by atoms with van der Waals surface area (Å²) in [5.74, 6) is 0.577. The second-order valence-corrected chi connectivity index (χ2v) is 5.41. The molecule has 3 rings (SSSR count). The first kappa shape index (κ1) is 16.0. The van der Waals surface area contributed by atoms with Gasteiger partial charge < -0.3 is 9.32 Å². The minimum absolute atomic E-state index is 0.136. The van der Waals surface area contributed by atoms with Gasteiger partial charge in [0.25, 0.3) is 5.89 Å². The third kappa shape index (κ3) is 3.08. The summed E-state index contributed by atoms with van der Waals surface area (Å²) in [7, 11) is 0. The molecule has 0 radical (unpaired) electrons. The molecule has 24 heavy (non-hydrogen) atoms. The number of carbonyl (C=O) groups is 1. The normalized spacial score (nSPS) is 10.6. The maximum absolute atomic E-state index is 12.6. The Balaban J connectivity index is 2.11. The summed E-state index contributed by atoms with van der Waals surface area (Å²) < 4.78 is 5.90. The van der Waals surface area contributed by atoms with E-state index in [4.69, 9.17) is 4.42 Å². The number of benzene rings is 2. The lowest BCUT2D eigenvalue weighted by atomic mass is 10.1. The monoisotopic (exact) mass is 320 g/mol. The van der Waals surface area contributed by atoms with E-state index in [1.807, 2.05) is 74.5 Å². The van der Waals surface area contributed by atoms with E-state index in [1.54, 1.807) is 4.90 Å². The van der Waals surface area contributed by atoms with Crippen LogP contribution in [0.3, 0.4) is 0 Å². The molecule has 1 heterocycles. The van der Waals surface area contributed by atoms with Crippen molar-refractivity contribution < 1.29 is 9.21 Å². The number of hydrogen-bond acceptors (Lipinski definition) is 3. The number of rotatable bonds is 5. The van der Waals surface area contributed by atoms with Gasteiger partial charge in [0.1, 0.15) is 5.69 Å². The van der Waals surface area contributed by atoms with E-state index in [2.05, 4.69) is 4.98 Å². The lowest BCUT2D eigenvalue weighted by Gasteiger charge is -2.15. The first-order chi connectivity index (χ1) is 11.7. The number of carbonyl (C=O) groups excluding carboxylic acids is 1. The molecule has 0 N–H and O–H groups in total. The Labute approximate surface area is 141 Å². The number of oxazole rings is 1. The van der Waals surface area contributed by atoms with Gasteiger partial charge >= 0.3 is 5.91 Å². The molecule has 0 aliphatic carbocycles. The molecule has 122 valence electrons. The zero-order valence-corrected chi connectivity index (χ0v) is 13.9. The standard InChI is InChI=1S/C20H20N2O2/c1-3-22(4-2)20(23)19-21-17(15-11-7-5-8-12-15)18(24-19)16-13-9-6-10-14-16/h5-14H,3-4H2,1-2H3. The van der Waals surface area contributed by atoms with Gasteiger partial charge in [-0.2, -0.15) is 0 Å². The van der Waals surface area contributed by atoms with Crippen molar-refractivity contribution in [1.82, 2.24) is 9.88 Å². The van der Waals surface area contributed by atoms with E-state index in [0.29, 0.717) is 24.5 Å². The van der Waals surface area contributed by atoms with Crippen molar-refractivity contribution in [1.29, 1.82) is 0 Å². The molecular formula is C20H20N2O2. The molecule has 4 nitrogen and oxygen atoms in total. The van der Waals surface area contributed by atoms with E-state index in [1.165, 1.54) is 0 Å². The Hall–Kier alpha value is -2.88. The molecule has 0 atom stereocenters. The molecule has 1 aromatic heterocycles. The lowest BCUT2D eigenvalue weighted by molar-refractivity contribution is 0.0734. The van der Waals surface area contributed by atoms with Crippen LogP contribution in [-0.2, 0) is 0 Å². The molecule has 0 bridgehead atoms. The molecule has 0 saturated carbocycles. The minimum atomic E-state index is -0.181. The van der Waals surface area contributed by atoms with Crippen LogP contribution in [0.1, 0.15) is 24.5 Å². The highest BCUT2D eigenvalue weighted by atomic mass is 16.4. The number of aromatic nitrogens is 1. The van der Waals surface area contributed by atoms with Crippen molar-refractivity contribution in [3.63, 3.8) is 0 Å².